The van der Waals surface area contributed by atoms with Gasteiger partial charge in [0.1, 0.15) is 6.04 Å². The molecule has 176 valence electrons. The fourth-order valence-corrected chi connectivity index (χ4v) is 5.15. The number of nitrogens with zero attached hydrogens (tertiary/aromatic N) is 1. The van der Waals surface area contributed by atoms with E-state index in [0.717, 1.165) is 29.5 Å². The summed E-state index contributed by atoms with van der Waals surface area (Å²) in [7, 11) is 0. The number of carbonyl (C=O) groups excluding carboxylic acids is 2. The number of furan rings is 1. The number of hydrogen-bond donors (Lipinski definition) is 1. The van der Waals surface area contributed by atoms with Crippen LogP contribution in [0.25, 0.3) is 0 Å². The van der Waals surface area contributed by atoms with Gasteiger partial charge in [0.05, 0.1) is 6.26 Å². The molecule has 0 spiro atoms. The van der Waals surface area contributed by atoms with Crippen molar-refractivity contribution in [2.24, 2.45) is 0 Å². The van der Waals surface area contributed by atoms with Crippen LogP contribution in [0.5, 0.6) is 0 Å². The second-order valence-electron chi connectivity index (χ2n) is 9.02. The molecule has 3 heterocycles. The molecule has 1 atom stereocenters. The first-order valence-corrected chi connectivity index (χ1v) is 12.0. The van der Waals surface area contributed by atoms with Crippen molar-refractivity contribution in [1.29, 1.82) is 0 Å². The van der Waals surface area contributed by atoms with Gasteiger partial charge in [-0.1, -0.05) is 48.0 Å². The zero-order chi connectivity index (χ0) is 23.5. The molecule has 1 saturated heterocycles. The van der Waals surface area contributed by atoms with E-state index >= 15 is 0 Å². The van der Waals surface area contributed by atoms with Crippen LogP contribution < -0.4 is 5.32 Å². The molecule has 0 saturated carbocycles. The van der Waals surface area contributed by atoms with Gasteiger partial charge in [0.25, 0.3) is 5.91 Å². The number of carbonyl (C=O) groups is 2. The predicted molar refractivity (Wildman–Crippen MR) is 129 cm³/mol. The Labute approximate surface area is 203 Å². The van der Waals surface area contributed by atoms with Crippen LogP contribution >= 0.6 is 11.6 Å². The van der Waals surface area contributed by atoms with E-state index in [9.17, 15) is 9.59 Å². The lowest BCUT2D eigenvalue weighted by atomic mass is 9.74. The maximum absolute atomic E-state index is 13.6. The van der Waals surface area contributed by atoms with Crippen molar-refractivity contribution in [2.75, 3.05) is 19.8 Å². The molecule has 2 amide bonds. The Bertz CT molecular complexity index is 1150. The third-order valence-corrected chi connectivity index (χ3v) is 7.30. The zero-order valence-electron chi connectivity index (χ0n) is 18.8. The van der Waals surface area contributed by atoms with Crippen molar-refractivity contribution in [2.45, 2.75) is 37.3 Å². The molecule has 3 aromatic rings. The SMILES string of the molecule is O=C(NCC1(c2ccc(Cl)cc2)CCOCC1)C1Cc2ccccc2CN1C(=O)c1ccco1. The highest BCUT2D eigenvalue weighted by Gasteiger charge is 2.39. The predicted octanol–water partition coefficient (Wildman–Crippen LogP) is 4.36. The van der Waals surface area contributed by atoms with Crippen LogP contribution in [0, 0.1) is 0 Å². The van der Waals surface area contributed by atoms with E-state index in [2.05, 4.69) is 5.32 Å². The van der Waals surface area contributed by atoms with Gasteiger partial charge in [-0.3, -0.25) is 9.59 Å². The van der Waals surface area contributed by atoms with Crippen LogP contribution in [0.1, 0.15) is 40.1 Å². The van der Waals surface area contributed by atoms with Crippen molar-refractivity contribution in [3.8, 4) is 0 Å². The largest absolute Gasteiger partial charge is 0.459 e. The van der Waals surface area contributed by atoms with Gasteiger partial charge in [0.15, 0.2) is 5.76 Å². The number of halogens is 1. The average molecular weight is 479 g/mol. The summed E-state index contributed by atoms with van der Waals surface area (Å²) in [5, 5.41) is 3.87. The van der Waals surface area contributed by atoms with E-state index < -0.39 is 6.04 Å². The number of nitrogens with one attached hydrogen (secondary N) is 1. The lowest BCUT2D eigenvalue weighted by Crippen LogP contribution is -2.55. The lowest BCUT2D eigenvalue weighted by Gasteiger charge is -2.40. The second kappa shape index (κ2) is 9.65. The van der Waals surface area contributed by atoms with Crippen LogP contribution in [0.2, 0.25) is 5.02 Å². The number of amides is 2. The Morgan fingerprint density at radius 3 is 2.44 bits per heavy atom. The van der Waals surface area contributed by atoms with Gasteiger partial charge >= 0.3 is 0 Å². The van der Waals surface area contributed by atoms with Crippen LogP contribution in [-0.4, -0.2) is 42.5 Å². The van der Waals surface area contributed by atoms with Gasteiger partial charge in [-0.25, -0.2) is 0 Å². The Morgan fingerprint density at radius 2 is 1.74 bits per heavy atom. The molecule has 1 N–H and O–H groups in total. The van der Waals surface area contributed by atoms with Gasteiger partial charge < -0.3 is 19.4 Å². The van der Waals surface area contributed by atoms with Crippen LogP contribution in [0.3, 0.4) is 0 Å². The second-order valence-corrected chi connectivity index (χ2v) is 9.45. The molecule has 2 aromatic carbocycles. The maximum Gasteiger partial charge on any atom is 0.290 e. The smallest absolute Gasteiger partial charge is 0.290 e. The van der Waals surface area contributed by atoms with E-state index in [1.807, 2.05) is 48.5 Å². The minimum atomic E-state index is -0.616. The highest BCUT2D eigenvalue weighted by molar-refractivity contribution is 6.30. The molecular formula is C27H27ClN2O4. The van der Waals surface area contributed by atoms with Crippen molar-refractivity contribution < 1.29 is 18.7 Å². The monoisotopic (exact) mass is 478 g/mol. The van der Waals surface area contributed by atoms with E-state index in [0.29, 0.717) is 37.7 Å². The lowest BCUT2D eigenvalue weighted by molar-refractivity contribution is -0.126. The molecule has 1 unspecified atom stereocenters. The normalized spacial score (nSPS) is 19.3. The number of hydrogen-bond acceptors (Lipinski definition) is 4. The maximum atomic E-state index is 13.6. The van der Waals surface area contributed by atoms with Crippen LogP contribution in [0.4, 0.5) is 0 Å². The van der Waals surface area contributed by atoms with E-state index in [1.165, 1.54) is 6.26 Å². The fraction of sp³-hybridized carbons (Fsp3) is 0.333. The number of benzene rings is 2. The van der Waals surface area contributed by atoms with E-state index in [4.69, 9.17) is 20.8 Å². The Balaban J connectivity index is 1.39. The summed E-state index contributed by atoms with van der Waals surface area (Å²) in [5.74, 6) is -0.202. The third-order valence-electron chi connectivity index (χ3n) is 7.05. The van der Waals surface area contributed by atoms with Gasteiger partial charge in [0, 0.05) is 43.2 Å². The molecule has 0 bridgehead atoms. The van der Waals surface area contributed by atoms with Gasteiger partial charge in [-0.2, -0.15) is 0 Å². The zero-order valence-corrected chi connectivity index (χ0v) is 19.6. The molecule has 6 nitrogen and oxygen atoms in total. The summed E-state index contributed by atoms with van der Waals surface area (Å²) in [6.07, 6.45) is 3.54. The van der Waals surface area contributed by atoms with Gasteiger partial charge in [-0.05, 0) is 53.8 Å². The van der Waals surface area contributed by atoms with Crippen molar-refractivity contribution in [3.05, 3.63) is 94.4 Å². The molecule has 34 heavy (non-hydrogen) atoms. The van der Waals surface area contributed by atoms with Crippen molar-refractivity contribution in [1.82, 2.24) is 10.2 Å². The summed E-state index contributed by atoms with van der Waals surface area (Å²) in [6.45, 7) is 2.11. The average Bonchev–Trinajstić information content (AvgIpc) is 3.42. The minimum absolute atomic E-state index is 0.158. The molecule has 2 aliphatic rings. The molecule has 0 aliphatic carbocycles. The summed E-state index contributed by atoms with van der Waals surface area (Å²) >= 11 is 6.11. The summed E-state index contributed by atoms with van der Waals surface area (Å²) < 4.78 is 11.0. The molecule has 5 rings (SSSR count). The summed E-state index contributed by atoms with van der Waals surface area (Å²) in [5.41, 5.74) is 3.04. The number of rotatable bonds is 5. The highest BCUT2D eigenvalue weighted by Crippen LogP contribution is 2.35. The molecule has 7 heteroatoms. The highest BCUT2D eigenvalue weighted by atomic mass is 35.5. The van der Waals surface area contributed by atoms with Crippen molar-refractivity contribution in [3.63, 3.8) is 0 Å². The molecule has 1 fully saturated rings. The van der Waals surface area contributed by atoms with E-state index in [-0.39, 0.29) is 23.0 Å². The standard InChI is InChI=1S/C27H27ClN2O4/c28-22-9-7-21(8-10-22)27(11-14-33-15-12-27)18-29-25(31)23-16-19-4-1-2-5-20(19)17-30(23)26(32)24-6-3-13-34-24/h1-10,13,23H,11-12,14-18H2,(H,29,31). The Hall–Kier alpha value is -3.09. The van der Waals surface area contributed by atoms with Gasteiger partial charge in [0.2, 0.25) is 5.91 Å². The minimum Gasteiger partial charge on any atom is -0.459 e. The first-order valence-electron chi connectivity index (χ1n) is 11.6. The number of fused-ring (bicyclic) bond motifs is 1. The third kappa shape index (κ3) is 4.48. The fourth-order valence-electron chi connectivity index (χ4n) is 5.02. The van der Waals surface area contributed by atoms with Crippen LogP contribution in [-0.2, 0) is 27.9 Å². The quantitative estimate of drug-likeness (QED) is 0.591. The van der Waals surface area contributed by atoms with Gasteiger partial charge in [-0.15, -0.1) is 0 Å². The number of ether oxygens (including phenoxy) is 1. The Morgan fingerprint density at radius 1 is 1.00 bits per heavy atom. The first-order chi connectivity index (χ1) is 16.6. The topological polar surface area (TPSA) is 71.8 Å². The Kier molecular flexibility index (Phi) is 6.44. The van der Waals surface area contributed by atoms with E-state index in [1.54, 1.807) is 17.0 Å². The first kappa shape index (κ1) is 22.7. The van der Waals surface area contributed by atoms with Crippen LogP contribution in [0.15, 0.2) is 71.3 Å². The molecule has 0 radical (unpaired) electrons. The molecule has 1 aromatic heterocycles. The molecule has 2 aliphatic heterocycles. The summed E-state index contributed by atoms with van der Waals surface area (Å²) in [4.78, 5) is 28.4. The molecular weight excluding hydrogens is 452 g/mol. The summed E-state index contributed by atoms with van der Waals surface area (Å²) in [6, 6.07) is 18.5. The van der Waals surface area contributed by atoms with Crippen molar-refractivity contribution >= 4 is 23.4 Å².